The van der Waals surface area contributed by atoms with Gasteiger partial charge in [0.15, 0.2) is 0 Å². The minimum absolute atomic E-state index is 0. The number of carbonyl (C=O) groups excluding carboxylic acids is 2. The monoisotopic (exact) mass is 632 g/mol. The number of halogens is 4. The summed E-state index contributed by atoms with van der Waals surface area (Å²) < 4.78 is 29.0. The summed E-state index contributed by atoms with van der Waals surface area (Å²) in [4.78, 5) is 24.9. The standard InChI is InChI=1S/C18H12N2.C10H13.2CHO.BF3.FH.Mo/c1-3-7-15-13(5-1)9-11-17(19-15)18-12-10-14-6-2-4-8-16(14)20-18;1-8-6-7-9-4-2-3-5-10(8)9;2*1-2;2-1(3)4;;/h1-12H;2-5,9-10H,6-7H2,1H3;2*1H;;1H;/q;3*-1;;;+3/p-1. The van der Waals surface area contributed by atoms with Gasteiger partial charge in [0.1, 0.15) is 0 Å². The molecule has 2 aromatic heterocycles. The Kier molecular flexibility index (Phi) is 17.9. The Hall–Kier alpha value is -3.45. The topological polar surface area (TPSA) is 59.9 Å². The molecule has 2 aliphatic rings. The normalized spacial score (nSPS) is 16.0. The fourth-order valence-electron chi connectivity index (χ4n) is 4.44. The molecule has 1 fully saturated rings. The summed E-state index contributed by atoms with van der Waals surface area (Å²) >= 11 is 0. The minimum Gasteiger partial charge on any atom is -1.00 e. The minimum atomic E-state index is -3.67. The zero-order valence-corrected chi connectivity index (χ0v) is 23.7. The van der Waals surface area contributed by atoms with Crippen molar-refractivity contribution >= 4 is 42.9 Å². The number of pyridine rings is 2. The zero-order valence-electron chi connectivity index (χ0n) is 21.7. The molecule has 6 rings (SSSR count). The molecule has 1 radical (unpaired) electrons. The van der Waals surface area contributed by atoms with Gasteiger partial charge in [0.25, 0.3) is 0 Å². The predicted molar refractivity (Wildman–Crippen MR) is 148 cm³/mol. The van der Waals surface area contributed by atoms with Crippen LogP contribution < -0.4 is 4.70 Å². The number of benzene rings is 2. The predicted octanol–water partition coefficient (Wildman–Crippen LogP) is 4.52. The van der Waals surface area contributed by atoms with Crippen molar-refractivity contribution in [3.05, 3.63) is 103 Å². The summed E-state index contributed by atoms with van der Waals surface area (Å²) in [7, 11) is -3.67. The first-order valence-corrected chi connectivity index (χ1v) is 11.8. The molecule has 0 bridgehead atoms. The van der Waals surface area contributed by atoms with Gasteiger partial charge in [-0.05, 0) is 30.2 Å². The first kappa shape index (κ1) is 36.6. The zero-order chi connectivity index (χ0) is 27.9. The van der Waals surface area contributed by atoms with Crippen LogP contribution in [0.4, 0.5) is 12.9 Å². The third kappa shape index (κ3) is 10.6. The summed E-state index contributed by atoms with van der Waals surface area (Å²) in [5.41, 5.74) is 3.82. The fourth-order valence-corrected chi connectivity index (χ4v) is 4.44. The van der Waals surface area contributed by atoms with Gasteiger partial charge in [-0.2, -0.15) is 13.3 Å². The Morgan fingerprint density at radius 3 is 1.62 bits per heavy atom. The number of hydrogen-bond acceptors (Lipinski definition) is 4. The number of para-hydroxylation sites is 2. The average Bonchev–Trinajstić information content (AvgIpc) is 3.35. The van der Waals surface area contributed by atoms with Crippen LogP contribution in [-0.4, -0.2) is 31.1 Å². The molecule has 40 heavy (non-hydrogen) atoms. The van der Waals surface area contributed by atoms with Crippen molar-refractivity contribution in [1.82, 2.24) is 9.97 Å². The van der Waals surface area contributed by atoms with E-state index in [0.717, 1.165) is 45.0 Å². The summed E-state index contributed by atoms with van der Waals surface area (Å²) in [5.74, 6) is 3.29. The van der Waals surface area contributed by atoms with Crippen LogP contribution in [0.3, 0.4) is 0 Å². The second-order valence-electron chi connectivity index (χ2n) is 8.37. The maximum absolute atomic E-state index is 9.67. The maximum atomic E-state index is 9.67. The number of aromatic nitrogens is 2. The molecule has 2 unspecified atom stereocenters. The van der Waals surface area contributed by atoms with E-state index in [4.69, 9.17) is 9.59 Å². The second-order valence-corrected chi connectivity index (χ2v) is 8.37. The van der Waals surface area contributed by atoms with Gasteiger partial charge in [-0.3, -0.25) is 26.5 Å². The van der Waals surface area contributed by atoms with Crippen molar-refractivity contribution < 1.29 is 48.3 Å². The van der Waals surface area contributed by atoms with E-state index >= 15 is 0 Å². The van der Waals surface area contributed by atoms with E-state index in [1.165, 1.54) is 12.8 Å². The first-order chi connectivity index (χ1) is 18.5. The smallest absolute Gasteiger partial charge is 1.00 e. The van der Waals surface area contributed by atoms with Crippen molar-refractivity contribution in [1.29, 1.82) is 0 Å². The van der Waals surface area contributed by atoms with Crippen LogP contribution in [0.1, 0.15) is 19.8 Å². The SMILES string of the molecule is C[C-]1CCC2C=CC=CC12.FB(F)F.[CH-]=O.[CH-]=O.[F-].[Mo+3].c1ccc2nc(-c3ccc4ccccc4n3)ccc2c1. The van der Waals surface area contributed by atoms with Crippen molar-refractivity contribution in [3.8, 4) is 11.4 Å². The Bertz CT molecular complexity index is 1280. The maximum Gasteiger partial charge on any atom is 3.00 e. The van der Waals surface area contributed by atoms with E-state index in [1.807, 2.05) is 48.5 Å². The molecule has 2 aromatic carbocycles. The second kappa shape index (κ2) is 19.6. The van der Waals surface area contributed by atoms with E-state index in [1.54, 1.807) is 5.92 Å². The van der Waals surface area contributed by atoms with E-state index < -0.39 is 7.54 Å². The number of allylic oxidation sites excluding steroid dienone is 4. The Labute approximate surface area is 246 Å². The summed E-state index contributed by atoms with van der Waals surface area (Å²) in [5, 5.41) is 2.30. The van der Waals surface area contributed by atoms with Crippen LogP contribution >= 0.6 is 0 Å². The molecule has 10 heteroatoms. The Morgan fingerprint density at radius 1 is 0.750 bits per heavy atom. The van der Waals surface area contributed by atoms with Crippen molar-refractivity contribution in [2.24, 2.45) is 11.8 Å². The molecular formula is C30H27BF4MoN2O2-. The van der Waals surface area contributed by atoms with Crippen molar-refractivity contribution in [3.63, 3.8) is 0 Å². The van der Waals surface area contributed by atoms with Gasteiger partial charge in [0, 0.05) is 10.8 Å². The molecule has 2 atom stereocenters. The molecule has 4 aromatic rings. The molecule has 207 valence electrons. The molecule has 0 amide bonds. The molecule has 2 aliphatic carbocycles. The van der Waals surface area contributed by atoms with Gasteiger partial charge in [-0.15, -0.1) is 12.0 Å². The summed E-state index contributed by atoms with van der Waals surface area (Å²) in [6.45, 7) is 8.79. The number of nitrogens with zero attached hydrogens (tertiary/aromatic N) is 2. The molecule has 0 saturated heterocycles. The average molecular weight is 630 g/mol. The molecular weight excluding hydrogens is 603 g/mol. The largest absolute Gasteiger partial charge is 3.00 e. The third-order valence-corrected chi connectivity index (χ3v) is 6.15. The van der Waals surface area contributed by atoms with Gasteiger partial charge < -0.3 is 20.2 Å². The molecule has 0 spiro atoms. The Morgan fingerprint density at radius 2 is 1.18 bits per heavy atom. The van der Waals surface area contributed by atoms with Gasteiger partial charge in [0.2, 0.25) is 0 Å². The van der Waals surface area contributed by atoms with Gasteiger partial charge >= 0.3 is 28.6 Å². The van der Waals surface area contributed by atoms with E-state index in [-0.39, 0.29) is 25.8 Å². The van der Waals surface area contributed by atoms with Crippen LogP contribution in [0.15, 0.2) is 97.1 Å². The number of hydrogen-bond donors (Lipinski definition) is 0. The summed E-state index contributed by atoms with van der Waals surface area (Å²) in [6.07, 6.45) is 11.8. The van der Waals surface area contributed by atoms with Crippen LogP contribution in [0.2, 0.25) is 0 Å². The molecule has 1 saturated carbocycles. The van der Waals surface area contributed by atoms with E-state index in [0.29, 0.717) is 0 Å². The fraction of sp³-hybridized carbons (Fsp3) is 0.167. The van der Waals surface area contributed by atoms with Crippen LogP contribution in [-0.2, 0) is 30.7 Å². The van der Waals surface area contributed by atoms with Crippen molar-refractivity contribution in [2.75, 3.05) is 0 Å². The molecule has 4 nitrogen and oxygen atoms in total. The molecule has 2 heterocycles. The van der Waals surface area contributed by atoms with E-state index in [9.17, 15) is 12.9 Å². The van der Waals surface area contributed by atoms with Crippen molar-refractivity contribution in [2.45, 2.75) is 19.8 Å². The van der Waals surface area contributed by atoms with Crippen LogP contribution in [0, 0.1) is 17.8 Å². The number of rotatable bonds is 1. The third-order valence-electron chi connectivity index (χ3n) is 6.15. The number of fused-ring (bicyclic) bond motifs is 3. The molecule has 0 aliphatic heterocycles. The van der Waals surface area contributed by atoms with Gasteiger partial charge in [-0.25, -0.2) is 9.97 Å². The Balaban J connectivity index is 0.000000645. The van der Waals surface area contributed by atoms with Crippen LogP contribution in [0.25, 0.3) is 33.2 Å². The molecule has 0 N–H and O–H groups in total. The van der Waals surface area contributed by atoms with Crippen LogP contribution in [0.5, 0.6) is 0 Å². The first-order valence-electron chi connectivity index (χ1n) is 11.8. The summed E-state index contributed by atoms with van der Waals surface area (Å²) in [6, 6.07) is 24.5. The van der Waals surface area contributed by atoms with Gasteiger partial charge in [0.05, 0.1) is 22.4 Å². The van der Waals surface area contributed by atoms with E-state index in [2.05, 4.69) is 79.0 Å². The quantitative estimate of drug-likeness (QED) is 0.135. The van der Waals surface area contributed by atoms with Gasteiger partial charge in [-0.1, -0.05) is 73.2 Å².